The Hall–Kier alpha value is -2.82. The largest absolute Gasteiger partial charge is 0.411 e. The summed E-state index contributed by atoms with van der Waals surface area (Å²) in [4.78, 5) is 8.81. The van der Waals surface area contributed by atoms with Gasteiger partial charge in [-0.05, 0) is 48.9 Å². The number of sulfonamides is 1. The van der Waals surface area contributed by atoms with Crippen LogP contribution in [0.15, 0.2) is 74.4 Å². The lowest BCUT2D eigenvalue weighted by atomic mass is 10.2. The van der Waals surface area contributed by atoms with Crippen LogP contribution in [0.4, 0.5) is 0 Å². The maximum Gasteiger partial charge on any atom is 0.283 e. The summed E-state index contributed by atoms with van der Waals surface area (Å²) in [5.41, 5.74) is 1.39. The first-order chi connectivity index (χ1) is 15.1. The third kappa shape index (κ3) is 4.06. The molecule has 0 bridgehead atoms. The maximum atomic E-state index is 13.0. The summed E-state index contributed by atoms with van der Waals surface area (Å²) in [6, 6.07) is 14.3. The van der Waals surface area contributed by atoms with Gasteiger partial charge >= 0.3 is 0 Å². The zero-order chi connectivity index (χ0) is 21.3. The van der Waals surface area contributed by atoms with E-state index >= 15 is 0 Å². The van der Waals surface area contributed by atoms with Crippen LogP contribution in [0.25, 0.3) is 22.4 Å². The summed E-state index contributed by atoms with van der Waals surface area (Å²) in [6.07, 6.45) is 4.34. The zero-order valence-electron chi connectivity index (χ0n) is 16.5. The minimum Gasteiger partial charge on any atom is -0.411 e. The molecule has 10 heteroatoms. The fourth-order valence-electron chi connectivity index (χ4n) is 3.56. The number of piperidine rings is 1. The van der Waals surface area contributed by atoms with E-state index in [9.17, 15) is 8.42 Å². The Morgan fingerprint density at radius 2 is 1.77 bits per heavy atom. The quantitative estimate of drug-likeness (QED) is 0.418. The molecule has 1 aliphatic heterocycles. The smallest absolute Gasteiger partial charge is 0.283 e. The summed E-state index contributed by atoms with van der Waals surface area (Å²) in [6.45, 7) is 1.11. The van der Waals surface area contributed by atoms with Gasteiger partial charge in [-0.3, -0.25) is 0 Å². The second-order valence-corrected chi connectivity index (χ2v) is 10.0. The second-order valence-electron chi connectivity index (χ2n) is 7.16. The number of nitrogens with zero attached hydrogens (tertiary/aromatic N) is 5. The number of hydrogen-bond donors (Lipinski definition) is 0. The lowest BCUT2D eigenvalue weighted by molar-refractivity contribution is 0.346. The molecule has 2 aromatic heterocycles. The van der Waals surface area contributed by atoms with Crippen LogP contribution in [0.2, 0.25) is 0 Å². The van der Waals surface area contributed by atoms with Gasteiger partial charge in [-0.2, -0.15) is 4.31 Å². The molecule has 4 aromatic rings. The molecule has 3 heterocycles. The van der Waals surface area contributed by atoms with Crippen molar-refractivity contribution in [2.45, 2.75) is 34.4 Å². The van der Waals surface area contributed by atoms with Crippen LogP contribution in [0.5, 0.6) is 0 Å². The molecule has 0 radical (unpaired) electrons. The molecule has 0 amide bonds. The van der Waals surface area contributed by atoms with Gasteiger partial charge in [0, 0.05) is 24.0 Å². The molecule has 1 aliphatic rings. The van der Waals surface area contributed by atoms with Gasteiger partial charge < -0.3 is 4.42 Å². The van der Waals surface area contributed by atoms with E-state index in [0.29, 0.717) is 28.9 Å². The minimum absolute atomic E-state index is 0.237. The van der Waals surface area contributed by atoms with Crippen molar-refractivity contribution in [2.24, 2.45) is 0 Å². The van der Waals surface area contributed by atoms with Crippen LogP contribution in [-0.4, -0.2) is 46.0 Å². The Kier molecular flexibility index (Phi) is 5.43. The fourth-order valence-corrected chi connectivity index (χ4v) is 5.87. The summed E-state index contributed by atoms with van der Waals surface area (Å²) in [5.74, 6) is 0.261. The van der Waals surface area contributed by atoms with Gasteiger partial charge in [0.1, 0.15) is 11.4 Å². The highest BCUT2D eigenvalue weighted by Gasteiger charge is 2.26. The van der Waals surface area contributed by atoms with Gasteiger partial charge in [-0.25, -0.2) is 18.4 Å². The molecule has 0 spiro atoms. The first-order valence-electron chi connectivity index (χ1n) is 9.93. The Labute approximate surface area is 183 Å². The third-order valence-corrected chi connectivity index (χ3v) is 7.88. The molecule has 2 aromatic carbocycles. The van der Waals surface area contributed by atoms with Crippen molar-refractivity contribution < 1.29 is 12.8 Å². The molecule has 158 valence electrons. The van der Waals surface area contributed by atoms with Gasteiger partial charge in [0.2, 0.25) is 15.9 Å². The topological polar surface area (TPSA) is 102 Å². The van der Waals surface area contributed by atoms with Gasteiger partial charge in [0.15, 0.2) is 0 Å². The monoisotopic (exact) mass is 453 g/mol. The first kappa shape index (κ1) is 20.1. The van der Waals surface area contributed by atoms with Crippen LogP contribution in [0, 0.1) is 0 Å². The van der Waals surface area contributed by atoms with Crippen molar-refractivity contribution in [3.05, 3.63) is 54.9 Å². The predicted molar refractivity (Wildman–Crippen MR) is 116 cm³/mol. The molecule has 0 aliphatic carbocycles. The predicted octanol–water partition coefficient (Wildman–Crippen LogP) is 4.01. The summed E-state index contributed by atoms with van der Waals surface area (Å²) < 4.78 is 33.3. The molecule has 0 atom stereocenters. The average Bonchev–Trinajstić information content (AvgIpc) is 3.29. The van der Waals surface area contributed by atoms with Gasteiger partial charge in [-0.15, -0.1) is 10.2 Å². The van der Waals surface area contributed by atoms with Gasteiger partial charge in [-0.1, -0.05) is 30.7 Å². The Morgan fingerprint density at radius 3 is 2.65 bits per heavy atom. The molecule has 31 heavy (non-hydrogen) atoms. The molecule has 8 nitrogen and oxygen atoms in total. The van der Waals surface area contributed by atoms with E-state index in [2.05, 4.69) is 20.2 Å². The highest BCUT2D eigenvalue weighted by molar-refractivity contribution is 7.99. The summed E-state index contributed by atoms with van der Waals surface area (Å²) >= 11 is 1.25. The molecule has 5 rings (SSSR count). The van der Waals surface area contributed by atoms with E-state index in [4.69, 9.17) is 4.42 Å². The molecule has 0 unspecified atom stereocenters. The van der Waals surface area contributed by atoms with Gasteiger partial charge in [0.05, 0.1) is 10.4 Å². The molecular formula is C21H19N5O3S2. The van der Waals surface area contributed by atoms with Crippen LogP contribution in [0.3, 0.4) is 0 Å². The fraction of sp³-hybridized carbons (Fsp3) is 0.238. The lowest BCUT2D eigenvalue weighted by Gasteiger charge is -2.25. The number of para-hydroxylation sites is 1. The van der Waals surface area contributed by atoms with Gasteiger partial charge in [0.25, 0.3) is 5.22 Å². The number of hydrogen-bond acceptors (Lipinski definition) is 8. The SMILES string of the molecule is O=S(=O)(c1cccc(-c2nnc(Sc3ncnc4ccccc34)o2)c1)N1CCCCC1. The van der Waals surface area contributed by atoms with Crippen molar-refractivity contribution >= 4 is 32.7 Å². The van der Waals surface area contributed by atoms with Crippen LogP contribution < -0.4 is 0 Å². The van der Waals surface area contributed by atoms with Crippen LogP contribution >= 0.6 is 11.8 Å². The van der Waals surface area contributed by atoms with E-state index in [1.54, 1.807) is 28.6 Å². The average molecular weight is 454 g/mol. The first-order valence-corrected chi connectivity index (χ1v) is 12.2. The van der Waals surface area contributed by atoms with Crippen molar-refractivity contribution in [1.82, 2.24) is 24.5 Å². The highest BCUT2D eigenvalue weighted by Crippen LogP contribution is 2.32. The Balaban J connectivity index is 1.42. The molecule has 0 saturated carbocycles. The van der Waals surface area contributed by atoms with Crippen molar-refractivity contribution in [3.8, 4) is 11.5 Å². The molecular weight excluding hydrogens is 434 g/mol. The van der Waals surface area contributed by atoms with Crippen LogP contribution in [-0.2, 0) is 10.0 Å². The standard InChI is InChI=1S/C21H19N5O3S2/c27-31(28,26-11-4-1-5-12-26)16-8-6-7-15(13-16)19-24-25-21(29-19)30-20-17-9-2-3-10-18(17)22-14-23-20/h2-3,6-10,13-14H,1,4-5,11-12H2. The summed E-state index contributed by atoms with van der Waals surface area (Å²) in [5, 5.41) is 10.1. The molecule has 1 saturated heterocycles. The third-order valence-electron chi connectivity index (χ3n) is 5.13. The van der Waals surface area contributed by atoms with Crippen molar-refractivity contribution in [3.63, 3.8) is 0 Å². The van der Waals surface area contributed by atoms with E-state index in [0.717, 1.165) is 30.2 Å². The summed E-state index contributed by atoms with van der Waals surface area (Å²) in [7, 11) is -3.54. The maximum absolute atomic E-state index is 13.0. The number of benzene rings is 2. The number of fused-ring (bicyclic) bond motifs is 1. The van der Waals surface area contributed by atoms with Crippen LogP contribution in [0.1, 0.15) is 19.3 Å². The van der Waals surface area contributed by atoms with E-state index in [1.165, 1.54) is 18.1 Å². The molecule has 1 fully saturated rings. The minimum atomic E-state index is -3.54. The second kappa shape index (κ2) is 8.37. The van der Waals surface area contributed by atoms with Crippen molar-refractivity contribution in [1.29, 1.82) is 0 Å². The molecule has 0 N–H and O–H groups in total. The number of rotatable bonds is 5. The van der Waals surface area contributed by atoms with E-state index in [1.807, 2.05) is 24.3 Å². The Bertz CT molecular complexity index is 1330. The Morgan fingerprint density at radius 1 is 0.935 bits per heavy atom. The van der Waals surface area contributed by atoms with E-state index in [-0.39, 0.29) is 10.8 Å². The van der Waals surface area contributed by atoms with Crippen molar-refractivity contribution in [2.75, 3.05) is 13.1 Å². The lowest BCUT2D eigenvalue weighted by Crippen LogP contribution is -2.35. The zero-order valence-corrected chi connectivity index (χ0v) is 18.1. The van der Waals surface area contributed by atoms with E-state index < -0.39 is 10.0 Å². The highest BCUT2D eigenvalue weighted by atomic mass is 32.2. The number of aromatic nitrogens is 4. The normalized spacial score (nSPS) is 15.4.